The molecule has 0 N–H and O–H groups in total. The minimum atomic E-state index is -1.36. The topological polar surface area (TPSA) is 55.7 Å². The smallest absolute Gasteiger partial charge is 0.155 e. The maximum Gasteiger partial charge on any atom is 0.155 e. The van der Waals surface area contributed by atoms with Crippen molar-refractivity contribution in [1.82, 2.24) is 15.0 Å². The van der Waals surface area contributed by atoms with E-state index >= 15 is 0 Å². The van der Waals surface area contributed by atoms with Crippen LogP contribution in [-0.2, 0) is 16.6 Å². The van der Waals surface area contributed by atoms with E-state index < -0.39 is 10.8 Å². The van der Waals surface area contributed by atoms with Gasteiger partial charge in [0.2, 0.25) is 0 Å². The Morgan fingerprint density at radius 3 is 2.29 bits per heavy atom. The van der Waals surface area contributed by atoms with Crippen molar-refractivity contribution in [1.29, 1.82) is 0 Å². The Morgan fingerprint density at radius 1 is 0.750 bits per heavy atom. The lowest BCUT2D eigenvalue weighted by molar-refractivity contribution is 0.679. The Balaban J connectivity index is 1.58. The zero-order valence-electron chi connectivity index (χ0n) is 14.8. The SMILES string of the molecule is O=S(Cc1ccc2ccccc2n1)c1nc2ccccc2nc1-c1cccs1. The van der Waals surface area contributed by atoms with Crippen molar-refractivity contribution in [2.24, 2.45) is 0 Å². The predicted molar refractivity (Wildman–Crippen MR) is 115 cm³/mol. The van der Waals surface area contributed by atoms with Gasteiger partial charge in [-0.3, -0.25) is 9.19 Å². The van der Waals surface area contributed by atoms with Crippen LogP contribution in [0.2, 0.25) is 0 Å². The van der Waals surface area contributed by atoms with E-state index in [4.69, 9.17) is 9.97 Å². The lowest BCUT2D eigenvalue weighted by Gasteiger charge is -2.09. The fourth-order valence-corrected chi connectivity index (χ4v) is 5.02. The number of aromatic nitrogens is 3. The van der Waals surface area contributed by atoms with Crippen LogP contribution in [0.1, 0.15) is 5.69 Å². The number of thiophene rings is 1. The van der Waals surface area contributed by atoms with Crippen LogP contribution in [0.3, 0.4) is 0 Å². The zero-order chi connectivity index (χ0) is 18.9. The molecule has 5 aromatic rings. The first kappa shape index (κ1) is 17.2. The second-order valence-electron chi connectivity index (χ2n) is 6.33. The number of nitrogens with zero attached hydrogens (tertiary/aromatic N) is 3. The normalized spacial score (nSPS) is 12.4. The summed E-state index contributed by atoms with van der Waals surface area (Å²) in [5.74, 6) is 0.302. The standard InChI is InChI=1S/C22H15N3OS2/c26-28(14-16-12-11-15-6-1-2-7-17(15)23-16)22-21(20-10-5-13-27-20)24-18-8-3-4-9-19(18)25-22/h1-13H,14H2. The third-order valence-electron chi connectivity index (χ3n) is 4.44. The Morgan fingerprint density at radius 2 is 1.50 bits per heavy atom. The number of pyridine rings is 1. The van der Waals surface area contributed by atoms with Gasteiger partial charge in [0, 0.05) is 5.39 Å². The largest absolute Gasteiger partial charge is 0.252 e. The molecule has 0 saturated carbocycles. The molecule has 4 nitrogen and oxygen atoms in total. The van der Waals surface area contributed by atoms with Gasteiger partial charge in [0.15, 0.2) is 5.03 Å². The van der Waals surface area contributed by atoms with Gasteiger partial charge in [0.05, 0.1) is 43.7 Å². The molecule has 0 bridgehead atoms. The van der Waals surface area contributed by atoms with E-state index in [9.17, 15) is 4.21 Å². The van der Waals surface area contributed by atoms with Crippen molar-refractivity contribution in [3.8, 4) is 10.6 Å². The highest BCUT2D eigenvalue weighted by atomic mass is 32.2. The van der Waals surface area contributed by atoms with E-state index in [1.807, 2.05) is 78.2 Å². The average Bonchev–Trinajstić information content (AvgIpc) is 3.27. The van der Waals surface area contributed by atoms with Gasteiger partial charge in [-0.1, -0.05) is 42.5 Å². The monoisotopic (exact) mass is 401 g/mol. The minimum Gasteiger partial charge on any atom is -0.252 e. The molecule has 0 saturated heterocycles. The molecule has 3 heterocycles. The fraction of sp³-hybridized carbons (Fsp3) is 0.0455. The van der Waals surface area contributed by atoms with E-state index in [0.29, 0.717) is 16.5 Å². The van der Waals surface area contributed by atoms with Crippen LogP contribution in [0.5, 0.6) is 0 Å². The fourth-order valence-electron chi connectivity index (χ4n) is 3.11. The van der Waals surface area contributed by atoms with E-state index in [0.717, 1.165) is 32.5 Å². The van der Waals surface area contributed by atoms with Crippen molar-refractivity contribution in [2.75, 3.05) is 0 Å². The average molecular weight is 402 g/mol. The Kier molecular flexibility index (Phi) is 4.43. The number of benzene rings is 2. The third-order valence-corrected chi connectivity index (χ3v) is 6.59. The molecule has 5 rings (SSSR count). The summed E-state index contributed by atoms with van der Waals surface area (Å²) in [5, 5.41) is 3.57. The van der Waals surface area contributed by atoms with Gasteiger partial charge in [-0.15, -0.1) is 11.3 Å². The van der Waals surface area contributed by atoms with Crippen LogP contribution in [-0.4, -0.2) is 19.2 Å². The van der Waals surface area contributed by atoms with E-state index in [-0.39, 0.29) is 0 Å². The number of fused-ring (bicyclic) bond motifs is 2. The van der Waals surface area contributed by atoms with Crippen LogP contribution in [0.15, 0.2) is 83.2 Å². The first-order valence-corrected chi connectivity index (χ1v) is 11.0. The quantitative estimate of drug-likeness (QED) is 0.415. The summed E-state index contributed by atoms with van der Waals surface area (Å²) in [4.78, 5) is 15.1. The Bertz CT molecular complexity index is 1320. The van der Waals surface area contributed by atoms with Gasteiger partial charge in [0.1, 0.15) is 5.69 Å². The second kappa shape index (κ2) is 7.22. The minimum absolute atomic E-state index is 0.302. The summed E-state index contributed by atoms with van der Waals surface area (Å²) in [5.41, 5.74) is 3.92. The second-order valence-corrected chi connectivity index (χ2v) is 8.64. The highest BCUT2D eigenvalue weighted by molar-refractivity contribution is 7.84. The number of hydrogen-bond acceptors (Lipinski definition) is 5. The van der Waals surface area contributed by atoms with Crippen molar-refractivity contribution < 1.29 is 4.21 Å². The summed E-state index contributed by atoms with van der Waals surface area (Å²) in [6.07, 6.45) is 0. The molecule has 1 atom stereocenters. The zero-order valence-corrected chi connectivity index (χ0v) is 16.4. The molecule has 0 fully saturated rings. The lowest BCUT2D eigenvalue weighted by Crippen LogP contribution is -2.05. The van der Waals surface area contributed by atoms with Gasteiger partial charge >= 0.3 is 0 Å². The van der Waals surface area contributed by atoms with Crippen molar-refractivity contribution in [2.45, 2.75) is 10.8 Å². The van der Waals surface area contributed by atoms with Crippen LogP contribution in [0.4, 0.5) is 0 Å². The molecular weight excluding hydrogens is 386 g/mol. The maximum atomic E-state index is 13.3. The molecule has 0 aliphatic heterocycles. The van der Waals surface area contributed by atoms with Crippen LogP contribution < -0.4 is 0 Å². The van der Waals surface area contributed by atoms with E-state index in [1.165, 1.54) is 0 Å². The Labute approximate surface area is 168 Å². The maximum absolute atomic E-state index is 13.3. The van der Waals surface area contributed by atoms with Crippen molar-refractivity contribution in [3.05, 3.63) is 83.9 Å². The number of para-hydroxylation sites is 3. The molecule has 0 aliphatic carbocycles. The number of rotatable bonds is 4. The van der Waals surface area contributed by atoms with Crippen LogP contribution >= 0.6 is 11.3 Å². The first-order valence-electron chi connectivity index (χ1n) is 8.82. The third kappa shape index (κ3) is 3.21. The molecule has 136 valence electrons. The van der Waals surface area contributed by atoms with Gasteiger partial charge in [-0.25, -0.2) is 9.97 Å². The molecular formula is C22H15N3OS2. The number of hydrogen-bond donors (Lipinski definition) is 0. The molecule has 3 aromatic heterocycles. The van der Waals surface area contributed by atoms with E-state index in [2.05, 4.69) is 4.98 Å². The highest BCUT2D eigenvalue weighted by Crippen LogP contribution is 2.30. The molecule has 0 spiro atoms. The summed E-state index contributed by atoms with van der Waals surface area (Å²) in [6, 6.07) is 23.5. The highest BCUT2D eigenvalue weighted by Gasteiger charge is 2.18. The molecule has 28 heavy (non-hydrogen) atoms. The summed E-state index contributed by atoms with van der Waals surface area (Å²) in [7, 11) is -1.36. The van der Waals surface area contributed by atoms with Gasteiger partial charge in [-0.05, 0) is 35.7 Å². The molecule has 6 heteroatoms. The van der Waals surface area contributed by atoms with Crippen LogP contribution in [0.25, 0.3) is 32.5 Å². The molecule has 2 aromatic carbocycles. The summed E-state index contributed by atoms with van der Waals surface area (Å²) < 4.78 is 13.3. The first-order chi connectivity index (χ1) is 13.8. The molecule has 1 unspecified atom stereocenters. The van der Waals surface area contributed by atoms with Gasteiger partial charge in [-0.2, -0.15) is 0 Å². The van der Waals surface area contributed by atoms with E-state index in [1.54, 1.807) is 11.3 Å². The van der Waals surface area contributed by atoms with Crippen molar-refractivity contribution in [3.63, 3.8) is 0 Å². The summed E-state index contributed by atoms with van der Waals surface area (Å²) >= 11 is 1.57. The Hall–Kier alpha value is -2.96. The van der Waals surface area contributed by atoms with Crippen molar-refractivity contribution >= 4 is 44.1 Å². The summed E-state index contributed by atoms with van der Waals surface area (Å²) in [6.45, 7) is 0. The predicted octanol–water partition coefficient (Wildman–Crippen LogP) is 5.21. The van der Waals surface area contributed by atoms with Crippen LogP contribution in [0, 0.1) is 0 Å². The molecule has 0 aliphatic rings. The molecule has 0 radical (unpaired) electrons. The molecule has 0 amide bonds. The van der Waals surface area contributed by atoms with Gasteiger partial charge < -0.3 is 0 Å². The van der Waals surface area contributed by atoms with Gasteiger partial charge in [0.25, 0.3) is 0 Å². The lowest BCUT2D eigenvalue weighted by atomic mass is 10.2.